The summed E-state index contributed by atoms with van der Waals surface area (Å²) in [6, 6.07) is 3.76. The first kappa shape index (κ1) is 13.8. The molecule has 1 fully saturated rings. The van der Waals surface area contributed by atoms with E-state index in [4.69, 9.17) is 0 Å². The normalized spacial score (nSPS) is 15.9. The van der Waals surface area contributed by atoms with Crippen molar-refractivity contribution in [1.29, 1.82) is 0 Å². The summed E-state index contributed by atoms with van der Waals surface area (Å²) in [6.45, 7) is 3.24. The minimum absolute atomic E-state index is 0.0571. The maximum absolute atomic E-state index is 11.8. The van der Waals surface area contributed by atoms with Crippen LogP contribution in [0.5, 0.6) is 0 Å². The largest absolute Gasteiger partial charge is 0.384 e. The molecule has 1 aromatic heterocycles. The Kier molecular flexibility index (Phi) is 4.08. The third kappa shape index (κ3) is 3.46. The molecule has 19 heavy (non-hydrogen) atoms. The van der Waals surface area contributed by atoms with Crippen LogP contribution in [0.15, 0.2) is 18.3 Å². The number of aromatic nitrogens is 1. The molecule has 2 rings (SSSR count). The molecule has 104 valence electrons. The summed E-state index contributed by atoms with van der Waals surface area (Å²) in [7, 11) is 3.48. The van der Waals surface area contributed by atoms with Crippen LogP contribution in [0.3, 0.4) is 0 Å². The van der Waals surface area contributed by atoms with Crippen LogP contribution in [0.4, 0.5) is 5.69 Å². The second-order valence-electron chi connectivity index (χ2n) is 5.73. The van der Waals surface area contributed by atoms with Crippen LogP contribution < -0.4 is 5.32 Å². The van der Waals surface area contributed by atoms with Gasteiger partial charge in [0.25, 0.3) is 5.91 Å². The van der Waals surface area contributed by atoms with Crippen molar-refractivity contribution < 1.29 is 4.79 Å². The Morgan fingerprint density at radius 1 is 1.47 bits per heavy atom. The standard InChI is InChI=1S/C15H23N3O/c1-4-6-15(7-8-15)11-17-12-5-9-16-13(10-12)14(19)18(2)3/h5,9-10H,4,6-8,11H2,1-3H3,(H,16,17). The lowest BCUT2D eigenvalue weighted by atomic mass is 10.0. The van der Waals surface area contributed by atoms with Crippen LogP contribution in [-0.2, 0) is 0 Å². The highest BCUT2D eigenvalue weighted by Gasteiger charge is 2.41. The zero-order chi connectivity index (χ0) is 13.9. The van der Waals surface area contributed by atoms with Gasteiger partial charge in [-0.1, -0.05) is 13.3 Å². The van der Waals surface area contributed by atoms with E-state index in [1.54, 1.807) is 25.2 Å². The van der Waals surface area contributed by atoms with E-state index in [-0.39, 0.29) is 5.91 Å². The van der Waals surface area contributed by atoms with E-state index in [0.29, 0.717) is 11.1 Å². The molecule has 1 heterocycles. The summed E-state index contributed by atoms with van der Waals surface area (Å²) in [6.07, 6.45) is 6.86. The Bertz CT molecular complexity index is 452. The number of carbonyl (C=O) groups excluding carboxylic acids is 1. The fourth-order valence-corrected chi connectivity index (χ4v) is 2.40. The number of rotatable bonds is 6. The van der Waals surface area contributed by atoms with Crippen molar-refractivity contribution in [2.24, 2.45) is 5.41 Å². The lowest BCUT2D eigenvalue weighted by Gasteiger charge is -2.16. The first-order chi connectivity index (χ1) is 9.06. The molecule has 1 aliphatic rings. The summed E-state index contributed by atoms with van der Waals surface area (Å²) >= 11 is 0. The molecule has 1 N–H and O–H groups in total. The molecule has 0 aliphatic heterocycles. The minimum atomic E-state index is -0.0571. The summed E-state index contributed by atoms with van der Waals surface area (Å²) < 4.78 is 0. The van der Waals surface area contributed by atoms with E-state index >= 15 is 0 Å². The molecule has 0 atom stereocenters. The lowest BCUT2D eigenvalue weighted by Crippen LogP contribution is -2.23. The van der Waals surface area contributed by atoms with Gasteiger partial charge in [0, 0.05) is 32.5 Å². The number of hydrogen-bond donors (Lipinski definition) is 1. The zero-order valence-electron chi connectivity index (χ0n) is 12.1. The predicted octanol–water partition coefficient (Wildman–Crippen LogP) is 2.78. The quantitative estimate of drug-likeness (QED) is 0.856. The minimum Gasteiger partial charge on any atom is -0.384 e. The van der Waals surface area contributed by atoms with Gasteiger partial charge < -0.3 is 10.2 Å². The Balaban J connectivity index is 1.98. The van der Waals surface area contributed by atoms with Crippen molar-refractivity contribution in [3.8, 4) is 0 Å². The van der Waals surface area contributed by atoms with Crippen LogP contribution in [0.1, 0.15) is 43.1 Å². The number of hydrogen-bond acceptors (Lipinski definition) is 3. The summed E-state index contributed by atoms with van der Waals surface area (Å²) in [5, 5.41) is 3.46. The van der Waals surface area contributed by atoms with Crippen molar-refractivity contribution >= 4 is 11.6 Å². The van der Waals surface area contributed by atoms with Crippen LogP contribution in [0.2, 0.25) is 0 Å². The van der Waals surface area contributed by atoms with E-state index in [1.165, 1.54) is 25.7 Å². The molecule has 4 heteroatoms. The van der Waals surface area contributed by atoms with Gasteiger partial charge in [-0.05, 0) is 36.8 Å². The van der Waals surface area contributed by atoms with Gasteiger partial charge in [0.1, 0.15) is 5.69 Å². The molecular weight excluding hydrogens is 238 g/mol. The predicted molar refractivity (Wildman–Crippen MR) is 77.3 cm³/mol. The molecule has 0 spiro atoms. The first-order valence-electron chi connectivity index (χ1n) is 6.98. The molecule has 1 aliphatic carbocycles. The maximum atomic E-state index is 11.8. The van der Waals surface area contributed by atoms with Gasteiger partial charge in [0.15, 0.2) is 0 Å². The fraction of sp³-hybridized carbons (Fsp3) is 0.600. The van der Waals surface area contributed by atoms with E-state index < -0.39 is 0 Å². The van der Waals surface area contributed by atoms with Gasteiger partial charge in [-0.3, -0.25) is 9.78 Å². The summed E-state index contributed by atoms with van der Waals surface area (Å²) in [4.78, 5) is 17.5. The average molecular weight is 261 g/mol. The molecule has 1 aromatic rings. The van der Waals surface area contributed by atoms with Crippen LogP contribution in [0.25, 0.3) is 0 Å². The smallest absolute Gasteiger partial charge is 0.272 e. The molecule has 1 saturated carbocycles. The van der Waals surface area contributed by atoms with Crippen molar-refractivity contribution in [2.45, 2.75) is 32.6 Å². The number of nitrogens with one attached hydrogen (secondary N) is 1. The Hall–Kier alpha value is -1.58. The SMILES string of the molecule is CCCC1(CNc2ccnc(C(=O)N(C)C)c2)CC1. The molecule has 1 amide bonds. The molecule has 0 bridgehead atoms. The van der Waals surface area contributed by atoms with Crippen LogP contribution in [-0.4, -0.2) is 36.4 Å². The van der Waals surface area contributed by atoms with Crippen molar-refractivity contribution in [3.63, 3.8) is 0 Å². The number of nitrogens with zero attached hydrogens (tertiary/aromatic N) is 2. The van der Waals surface area contributed by atoms with Crippen molar-refractivity contribution in [2.75, 3.05) is 26.0 Å². The Morgan fingerprint density at radius 3 is 2.79 bits per heavy atom. The third-order valence-corrected chi connectivity index (χ3v) is 3.79. The van der Waals surface area contributed by atoms with Gasteiger partial charge in [-0.2, -0.15) is 0 Å². The Labute approximate surface area is 115 Å². The maximum Gasteiger partial charge on any atom is 0.272 e. The van der Waals surface area contributed by atoms with Gasteiger partial charge in [0.05, 0.1) is 0 Å². The summed E-state index contributed by atoms with van der Waals surface area (Å²) in [5.74, 6) is -0.0571. The Morgan fingerprint density at radius 2 is 2.21 bits per heavy atom. The lowest BCUT2D eigenvalue weighted by molar-refractivity contribution is 0.0822. The van der Waals surface area contributed by atoms with Gasteiger partial charge >= 0.3 is 0 Å². The monoisotopic (exact) mass is 261 g/mol. The number of carbonyl (C=O) groups is 1. The average Bonchev–Trinajstić information content (AvgIpc) is 3.16. The highest BCUT2D eigenvalue weighted by Crippen LogP contribution is 2.49. The second kappa shape index (κ2) is 5.59. The summed E-state index contributed by atoms with van der Waals surface area (Å²) in [5.41, 5.74) is 1.99. The molecule has 0 radical (unpaired) electrons. The van der Waals surface area contributed by atoms with Crippen LogP contribution >= 0.6 is 0 Å². The molecule has 0 aromatic carbocycles. The molecule has 0 saturated heterocycles. The van der Waals surface area contributed by atoms with E-state index in [2.05, 4.69) is 17.2 Å². The van der Waals surface area contributed by atoms with Gasteiger partial charge in [-0.15, -0.1) is 0 Å². The van der Waals surface area contributed by atoms with E-state index in [0.717, 1.165) is 12.2 Å². The van der Waals surface area contributed by atoms with Crippen molar-refractivity contribution in [1.82, 2.24) is 9.88 Å². The van der Waals surface area contributed by atoms with Crippen LogP contribution in [0, 0.1) is 5.41 Å². The number of pyridine rings is 1. The second-order valence-corrected chi connectivity index (χ2v) is 5.73. The first-order valence-corrected chi connectivity index (χ1v) is 6.98. The molecule has 0 unspecified atom stereocenters. The molecular formula is C15H23N3O. The van der Waals surface area contributed by atoms with E-state index in [1.807, 2.05) is 12.1 Å². The van der Waals surface area contributed by atoms with Gasteiger partial charge in [-0.25, -0.2) is 0 Å². The topological polar surface area (TPSA) is 45.2 Å². The fourth-order valence-electron chi connectivity index (χ4n) is 2.40. The van der Waals surface area contributed by atoms with Crippen molar-refractivity contribution in [3.05, 3.63) is 24.0 Å². The highest BCUT2D eigenvalue weighted by molar-refractivity contribution is 5.92. The molecule has 4 nitrogen and oxygen atoms in total. The number of anilines is 1. The number of amides is 1. The van der Waals surface area contributed by atoms with E-state index in [9.17, 15) is 4.79 Å². The van der Waals surface area contributed by atoms with Gasteiger partial charge in [0.2, 0.25) is 0 Å². The third-order valence-electron chi connectivity index (χ3n) is 3.79. The highest BCUT2D eigenvalue weighted by atomic mass is 16.2. The zero-order valence-corrected chi connectivity index (χ0v) is 12.1.